The first-order valence-electron chi connectivity index (χ1n) is 10.1. The van der Waals surface area contributed by atoms with E-state index in [0.29, 0.717) is 35.1 Å². The molecule has 0 bridgehead atoms. The summed E-state index contributed by atoms with van der Waals surface area (Å²) in [7, 11) is 3.59. The third kappa shape index (κ3) is 3.94. The molecular formula is C21H26ClN5O4. The highest BCUT2D eigenvalue weighted by molar-refractivity contribution is 6.32. The number of hydrogen-bond donors (Lipinski definition) is 4. The first-order chi connectivity index (χ1) is 14.7. The number of aliphatic hydroxyl groups excluding tert-OH is 3. The second-order valence-corrected chi connectivity index (χ2v) is 8.58. The molecule has 10 heteroatoms. The number of rotatable bonds is 5. The SMILES string of the molecule is Cc1cc2cc(-c3c(Cl)nc(N(C)C)nc3N[C@@H]3C[C@H](CO)[C@@H](O)[C@H]3O)oc2c(C)n1. The average Bonchev–Trinajstić information content (AvgIpc) is 3.23. The van der Waals surface area contributed by atoms with E-state index in [-0.39, 0.29) is 11.8 Å². The Labute approximate surface area is 184 Å². The lowest BCUT2D eigenvalue weighted by Gasteiger charge is -2.21. The Kier molecular flexibility index (Phi) is 5.78. The van der Waals surface area contributed by atoms with E-state index >= 15 is 0 Å². The van der Waals surface area contributed by atoms with Gasteiger partial charge in [-0.3, -0.25) is 4.98 Å². The Hall–Kier alpha value is -2.46. The van der Waals surface area contributed by atoms with Crippen molar-refractivity contribution in [3.8, 4) is 11.3 Å². The Morgan fingerprint density at radius 1 is 1.16 bits per heavy atom. The van der Waals surface area contributed by atoms with Crippen molar-refractivity contribution in [2.45, 2.75) is 38.5 Å². The Balaban J connectivity index is 1.82. The van der Waals surface area contributed by atoms with Crippen LogP contribution in [0.4, 0.5) is 11.8 Å². The van der Waals surface area contributed by atoms with E-state index in [1.807, 2.05) is 26.0 Å². The van der Waals surface area contributed by atoms with Crippen LogP contribution in [0.25, 0.3) is 22.3 Å². The number of aryl methyl sites for hydroxylation is 2. The van der Waals surface area contributed by atoms with Crippen LogP contribution in [0.1, 0.15) is 17.8 Å². The fourth-order valence-corrected chi connectivity index (χ4v) is 4.32. The number of aliphatic hydroxyl groups is 3. The number of halogens is 1. The monoisotopic (exact) mass is 447 g/mol. The second-order valence-electron chi connectivity index (χ2n) is 8.22. The molecule has 3 heterocycles. The summed E-state index contributed by atoms with van der Waals surface area (Å²) in [5.41, 5.74) is 2.74. The molecule has 0 saturated heterocycles. The van der Waals surface area contributed by atoms with Crippen LogP contribution in [0.15, 0.2) is 16.5 Å². The largest absolute Gasteiger partial charge is 0.454 e. The summed E-state index contributed by atoms with van der Waals surface area (Å²) in [5, 5.41) is 34.4. The number of aromatic nitrogens is 3. The molecule has 1 aliphatic carbocycles. The normalized spacial score (nSPS) is 23.5. The van der Waals surface area contributed by atoms with Crippen LogP contribution in [-0.4, -0.2) is 69.2 Å². The van der Waals surface area contributed by atoms with Gasteiger partial charge in [-0.15, -0.1) is 0 Å². The van der Waals surface area contributed by atoms with Gasteiger partial charge in [0.2, 0.25) is 5.95 Å². The highest BCUT2D eigenvalue weighted by atomic mass is 35.5. The van der Waals surface area contributed by atoms with Crippen LogP contribution in [0, 0.1) is 19.8 Å². The number of hydrogen-bond acceptors (Lipinski definition) is 9. The summed E-state index contributed by atoms with van der Waals surface area (Å²) in [5.74, 6) is 0.798. The predicted molar refractivity (Wildman–Crippen MR) is 118 cm³/mol. The van der Waals surface area contributed by atoms with Gasteiger partial charge >= 0.3 is 0 Å². The summed E-state index contributed by atoms with van der Waals surface area (Å²) in [6.07, 6.45) is -1.72. The summed E-state index contributed by atoms with van der Waals surface area (Å²) in [4.78, 5) is 15.1. The molecule has 0 spiro atoms. The summed E-state index contributed by atoms with van der Waals surface area (Å²) in [6.45, 7) is 3.57. The van der Waals surface area contributed by atoms with E-state index in [1.54, 1.807) is 19.0 Å². The summed E-state index contributed by atoms with van der Waals surface area (Å²) >= 11 is 6.57. The van der Waals surface area contributed by atoms with Gasteiger partial charge in [-0.05, 0) is 32.4 Å². The highest BCUT2D eigenvalue weighted by Crippen LogP contribution is 2.39. The minimum atomic E-state index is -1.06. The average molecular weight is 448 g/mol. The van der Waals surface area contributed by atoms with Crippen molar-refractivity contribution in [2.75, 3.05) is 30.9 Å². The molecule has 31 heavy (non-hydrogen) atoms. The quantitative estimate of drug-likeness (QED) is 0.435. The van der Waals surface area contributed by atoms with Gasteiger partial charge in [0.05, 0.1) is 23.4 Å². The minimum absolute atomic E-state index is 0.189. The fraction of sp³-hybridized carbons (Fsp3) is 0.476. The van der Waals surface area contributed by atoms with Crippen LogP contribution in [0.5, 0.6) is 0 Å². The van der Waals surface area contributed by atoms with Crippen molar-refractivity contribution in [3.05, 3.63) is 28.7 Å². The van der Waals surface area contributed by atoms with Gasteiger partial charge < -0.3 is 30.0 Å². The fourth-order valence-electron chi connectivity index (χ4n) is 4.06. The van der Waals surface area contributed by atoms with E-state index in [1.165, 1.54) is 0 Å². The molecular weight excluding hydrogens is 422 g/mol. The molecule has 1 aliphatic rings. The molecule has 0 amide bonds. The van der Waals surface area contributed by atoms with Crippen molar-refractivity contribution in [1.29, 1.82) is 0 Å². The van der Waals surface area contributed by atoms with Crippen molar-refractivity contribution in [2.24, 2.45) is 5.92 Å². The highest BCUT2D eigenvalue weighted by Gasteiger charge is 2.41. The van der Waals surface area contributed by atoms with Crippen LogP contribution in [0.2, 0.25) is 5.15 Å². The molecule has 0 aromatic carbocycles. The first kappa shape index (κ1) is 21.8. The molecule has 4 N–H and O–H groups in total. The molecule has 1 saturated carbocycles. The van der Waals surface area contributed by atoms with E-state index in [4.69, 9.17) is 16.0 Å². The maximum Gasteiger partial charge on any atom is 0.228 e. The van der Waals surface area contributed by atoms with Crippen molar-refractivity contribution >= 4 is 34.3 Å². The maximum absolute atomic E-state index is 10.5. The van der Waals surface area contributed by atoms with E-state index < -0.39 is 24.2 Å². The zero-order valence-corrected chi connectivity index (χ0v) is 18.6. The number of nitrogens with one attached hydrogen (secondary N) is 1. The zero-order chi connectivity index (χ0) is 22.4. The summed E-state index contributed by atoms with van der Waals surface area (Å²) in [6, 6.07) is 3.26. The van der Waals surface area contributed by atoms with Gasteiger partial charge in [0.15, 0.2) is 5.58 Å². The van der Waals surface area contributed by atoms with Crippen molar-refractivity contribution in [1.82, 2.24) is 15.0 Å². The Morgan fingerprint density at radius 2 is 1.90 bits per heavy atom. The molecule has 3 aromatic heterocycles. The molecule has 9 nitrogen and oxygen atoms in total. The molecule has 166 valence electrons. The zero-order valence-electron chi connectivity index (χ0n) is 17.8. The Bertz CT molecular complexity index is 1120. The van der Waals surface area contributed by atoms with Gasteiger partial charge in [-0.2, -0.15) is 4.98 Å². The number of fused-ring (bicyclic) bond motifs is 1. The van der Waals surface area contributed by atoms with Gasteiger partial charge in [0.25, 0.3) is 0 Å². The van der Waals surface area contributed by atoms with Crippen molar-refractivity contribution < 1.29 is 19.7 Å². The number of pyridine rings is 1. The summed E-state index contributed by atoms with van der Waals surface area (Å²) < 4.78 is 6.08. The first-order valence-corrected chi connectivity index (χ1v) is 10.4. The van der Waals surface area contributed by atoms with Crippen LogP contribution in [-0.2, 0) is 0 Å². The minimum Gasteiger partial charge on any atom is -0.454 e. The predicted octanol–water partition coefficient (Wildman–Crippen LogP) is 2.14. The molecule has 0 radical (unpaired) electrons. The lowest BCUT2D eigenvalue weighted by atomic mass is 10.1. The van der Waals surface area contributed by atoms with Gasteiger partial charge in [0.1, 0.15) is 22.8 Å². The second kappa shape index (κ2) is 8.23. The molecule has 0 aliphatic heterocycles. The number of nitrogens with zero attached hydrogens (tertiary/aromatic N) is 4. The number of furan rings is 1. The van der Waals surface area contributed by atoms with E-state index in [2.05, 4.69) is 20.3 Å². The molecule has 4 atom stereocenters. The lowest BCUT2D eigenvalue weighted by Crippen LogP contribution is -2.35. The van der Waals surface area contributed by atoms with E-state index in [9.17, 15) is 15.3 Å². The van der Waals surface area contributed by atoms with Gasteiger partial charge in [-0.1, -0.05) is 11.6 Å². The van der Waals surface area contributed by atoms with Crippen LogP contribution < -0.4 is 10.2 Å². The van der Waals surface area contributed by atoms with Crippen molar-refractivity contribution in [3.63, 3.8) is 0 Å². The molecule has 4 rings (SSSR count). The third-order valence-corrected chi connectivity index (χ3v) is 5.93. The molecule has 0 unspecified atom stereocenters. The smallest absolute Gasteiger partial charge is 0.228 e. The third-order valence-electron chi connectivity index (χ3n) is 5.66. The maximum atomic E-state index is 10.5. The molecule has 1 fully saturated rings. The van der Waals surface area contributed by atoms with Crippen LogP contribution >= 0.6 is 11.6 Å². The molecule has 3 aromatic rings. The van der Waals surface area contributed by atoms with Gasteiger partial charge in [-0.25, -0.2) is 4.98 Å². The Morgan fingerprint density at radius 3 is 2.55 bits per heavy atom. The standard InChI is InChI=1S/C21H26ClN5O4/c1-9-5-11-7-14(31-18(11)10(2)23-9)15-19(22)25-21(27(3)4)26-20(15)24-13-6-12(8-28)16(29)17(13)30/h5,7,12-13,16-17,28-30H,6,8H2,1-4H3,(H,24,25,26)/t12-,13-,16-,17+/m1/s1. The lowest BCUT2D eigenvalue weighted by molar-refractivity contribution is 0.00446. The topological polar surface area (TPSA) is 128 Å². The van der Waals surface area contributed by atoms with Crippen LogP contribution in [0.3, 0.4) is 0 Å². The van der Waals surface area contributed by atoms with E-state index in [0.717, 1.165) is 16.8 Å². The number of anilines is 2. The van der Waals surface area contributed by atoms with Gasteiger partial charge in [0, 0.05) is 37.7 Å².